The molecule has 3 rings (SSSR count). The third-order valence-electron chi connectivity index (χ3n) is 3.47. The molecule has 6 heteroatoms. The normalized spacial score (nSPS) is 11.2. The van der Waals surface area contributed by atoms with Crippen molar-refractivity contribution in [2.75, 3.05) is 7.11 Å². The number of allylic oxidation sites excluding steroid dienone is 1. The van der Waals surface area contributed by atoms with Crippen LogP contribution in [0.15, 0.2) is 47.8 Å². The zero-order valence-corrected chi connectivity index (χ0v) is 15.5. The Morgan fingerprint density at radius 3 is 2.80 bits per heavy atom. The molecule has 0 radical (unpaired) electrons. The van der Waals surface area contributed by atoms with E-state index in [0.717, 1.165) is 16.9 Å². The van der Waals surface area contributed by atoms with Crippen LogP contribution in [0.3, 0.4) is 0 Å². The van der Waals surface area contributed by atoms with E-state index < -0.39 is 0 Å². The van der Waals surface area contributed by atoms with Crippen LogP contribution < -0.4 is 4.74 Å². The molecule has 3 nitrogen and oxygen atoms in total. The van der Waals surface area contributed by atoms with Crippen LogP contribution in [0.4, 0.5) is 0 Å². The highest BCUT2D eigenvalue weighted by Crippen LogP contribution is 2.33. The molecule has 0 aliphatic rings. The summed E-state index contributed by atoms with van der Waals surface area (Å²) in [6.45, 7) is 0. The fourth-order valence-electron chi connectivity index (χ4n) is 2.26. The van der Waals surface area contributed by atoms with Gasteiger partial charge >= 0.3 is 0 Å². The van der Waals surface area contributed by atoms with E-state index in [4.69, 9.17) is 27.9 Å². The predicted molar refractivity (Wildman–Crippen MR) is 104 cm³/mol. The van der Waals surface area contributed by atoms with Crippen LogP contribution in [0, 0.1) is 11.3 Å². The molecule has 1 heterocycles. The molecule has 0 bridgehead atoms. The molecule has 0 aliphatic carbocycles. The van der Waals surface area contributed by atoms with Crippen molar-refractivity contribution >= 4 is 46.2 Å². The Morgan fingerprint density at radius 2 is 2.08 bits per heavy atom. The molecule has 0 unspecified atom stereocenters. The molecule has 0 amide bonds. The van der Waals surface area contributed by atoms with E-state index in [1.807, 2.05) is 35.7 Å². The number of thiazole rings is 1. The van der Waals surface area contributed by atoms with Gasteiger partial charge in [0.1, 0.15) is 16.8 Å². The number of benzene rings is 2. The number of ether oxygens (including phenoxy) is 1. The summed E-state index contributed by atoms with van der Waals surface area (Å²) >= 11 is 13.6. The lowest BCUT2D eigenvalue weighted by Gasteiger charge is -2.01. The minimum Gasteiger partial charge on any atom is -0.497 e. The lowest BCUT2D eigenvalue weighted by atomic mass is 10.1. The van der Waals surface area contributed by atoms with Crippen molar-refractivity contribution < 1.29 is 4.74 Å². The molecule has 124 valence electrons. The molecule has 0 atom stereocenters. The van der Waals surface area contributed by atoms with Gasteiger partial charge in [-0.25, -0.2) is 4.98 Å². The number of nitriles is 1. The van der Waals surface area contributed by atoms with Crippen molar-refractivity contribution in [2.24, 2.45) is 0 Å². The SMILES string of the molecule is COc1cccc(/C=C(/C#N)c2nc(-c3ccc(Cl)cc3Cl)cs2)c1. The Balaban J connectivity index is 1.96. The van der Waals surface area contributed by atoms with E-state index in [0.29, 0.717) is 26.3 Å². The predicted octanol–water partition coefficient (Wildman–Crippen LogP) is 6.19. The third kappa shape index (κ3) is 4.02. The number of methoxy groups -OCH3 is 1. The van der Waals surface area contributed by atoms with Crippen molar-refractivity contribution in [1.82, 2.24) is 4.98 Å². The minimum atomic E-state index is 0.481. The number of nitrogens with zero attached hydrogens (tertiary/aromatic N) is 2. The highest BCUT2D eigenvalue weighted by atomic mass is 35.5. The molecular formula is C19H12Cl2N2OS. The van der Waals surface area contributed by atoms with Crippen LogP contribution in [0.25, 0.3) is 22.9 Å². The number of hydrogen-bond acceptors (Lipinski definition) is 4. The molecule has 3 aromatic rings. The summed E-state index contributed by atoms with van der Waals surface area (Å²) in [7, 11) is 1.61. The van der Waals surface area contributed by atoms with Gasteiger partial charge in [0.2, 0.25) is 0 Å². The van der Waals surface area contributed by atoms with Crippen LogP contribution in [-0.4, -0.2) is 12.1 Å². The smallest absolute Gasteiger partial charge is 0.134 e. The fraction of sp³-hybridized carbons (Fsp3) is 0.0526. The van der Waals surface area contributed by atoms with Crippen molar-refractivity contribution in [3.63, 3.8) is 0 Å². The molecule has 0 spiro atoms. The maximum Gasteiger partial charge on any atom is 0.134 e. The fourth-order valence-corrected chi connectivity index (χ4v) is 3.55. The van der Waals surface area contributed by atoms with E-state index in [9.17, 15) is 5.26 Å². The van der Waals surface area contributed by atoms with Gasteiger partial charge in [0.05, 0.1) is 23.4 Å². The molecule has 2 aromatic carbocycles. The zero-order valence-electron chi connectivity index (χ0n) is 13.2. The lowest BCUT2D eigenvalue weighted by molar-refractivity contribution is 0.414. The second-order valence-electron chi connectivity index (χ2n) is 5.11. The van der Waals surface area contributed by atoms with Crippen LogP contribution >= 0.6 is 34.5 Å². The molecule has 25 heavy (non-hydrogen) atoms. The molecular weight excluding hydrogens is 375 g/mol. The summed E-state index contributed by atoms with van der Waals surface area (Å²) in [5, 5.41) is 13.1. The van der Waals surface area contributed by atoms with Gasteiger partial charge in [0.15, 0.2) is 0 Å². The Labute approximate surface area is 159 Å². The average molecular weight is 387 g/mol. The Hall–Kier alpha value is -2.32. The summed E-state index contributed by atoms with van der Waals surface area (Å²) in [5.74, 6) is 0.735. The van der Waals surface area contributed by atoms with E-state index >= 15 is 0 Å². The third-order valence-corrected chi connectivity index (χ3v) is 4.89. The minimum absolute atomic E-state index is 0.481. The maximum absolute atomic E-state index is 9.51. The number of hydrogen-bond donors (Lipinski definition) is 0. The standard InChI is InChI=1S/C19H12Cl2N2OS/c1-24-15-4-2-3-12(8-15)7-13(10-22)19-23-18(11-25-19)16-6-5-14(20)9-17(16)21/h2-9,11H,1H3/b13-7-. The first kappa shape index (κ1) is 17.5. The Bertz CT molecular complexity index is 989. The van der Waals surface area contributed by atoms with Gasteiger partial charge in [0.25, 0.3) is 0 Å². The first-order valence-electron chi connectivity index (χ1n) is 7.28. The van der Waals surface area contributed by atoms with Gasteiger partial charge in [-0.2, -0.15) is 5.26 Å². The summed E-state index contributed by atoms with van der Waals surface area (Å²) in [6.07, 6.45) is 1.79. The van der Waals surface area contributed by atoms with E-state index in [2.05, 4.69) is 11.1 Å². The molecule has 0 fully saturated rings. The lowest BCUT2D eigenvalue weighted by Crippen LogP contribution is -1.85. The van der Waals surface area contributed by atoms with Crippen molar-refractivity contribution in [3.8, 4) is 23.1 Å². The van der Waals surface area contributed by atoms with Crippen LogP contribution in [0.5, 0.6) is 5.75 Å². The van der Waals surface area contributed by atoms with Gasteiger partial charge in [0, 0.05) is 16.0 Å². The first-order chi connectivity index (χ1) is 12.1. The average Bonchev–Trinajstić information content (AvgIpc) is 3.09. The molecule has 1 aromatic heterocycles. The van der Waals surface area contributed by atoms with E-state index in [1.54, 1.807) is 25.3 Å². The molecule has 0 N–H and O–H groups in total. The second kappa shape index (κ2) is 7.71. The van der Waals surface area contributed by atoms with Gasteiger partial charge in [-0.3, -0.25) is 0 Å². The Morgan fingerprint density at radius 1 is 1.24 bits per heavy atom. The van der Waals surface area contributed by atoms with E-state index in [1.165, 1.54) is 11.3 Å². The summed E-state index contributed by atoms with van der Waals surface area (Å²) in [6, 6.07) is 15.0. The van der Waals surface area contributed by atoms with E-state index in [-0.39, 0.29) is 0 Å². The summed E-state index contributed by atoms with van der Waals surface area (Å²) in [5.41, 5.74) is 2.85. The van der Waals surface area contributed by atoms with Gasteiger partial charge in [-0.15, -0.1) is 11.3 Å². The molecule has 0 saturated carbocycles. The summed E-state index contributed by atoms with van der Waals surface area (Å²) < 4.78 is 5.21. The van der Waals surface area contributed by atoms with Gasteiger partial charge in [-0.05, 0) is 42.0 Å². The van der Waals surface area contributed by atoms with Crippen LogP contribution in [0.2, 0.25) is 10.0 Å². The monoisotopic (exact) mass is 386 g/mol. The summed E-state index contributed by atoms with van der Waals surface area (Å²) in [4.78, 5) is 4.55. The Kier molecular flexibility index (Phi) is 5.40. The van der Waals surface area contributed by atoms with Gasteiger partial charge in [-0.1, -0.05) is 35.3 Å². The van der Waals surface area contributed by atoms with Crippen LogP contribution in [-0.2, 0) is 0 Å². The van der Waals surface area contributed by atoms with Crippen molar-refractivity contribution in [2.45, 2.75) is 0 Å². The number of aromatic nitrogens is 1. The highest BCUT2D eigenvalue weighted by molar-refractivity contribution is 7.11. The van der Waals surface area contributed by atoms with Gasteiger partial charge < -0.3 is 4.74 Å². The zero-order chi connectivity index (χ0) is 17.8. The number of halogens is 2. The first-order valence-corrected chi connectivity index (χ1v) is 8.91. The molecule has 0 aliphatic heterocycles. The van der Waals surface area contributed by atoms with Crippen molar-refractivity contribution in [1.29, 1.82) is 5.26 Å². The quantitative estimate of drug-likeness (QED) is 0.502. The highest BCUT2D eigenvalue weighted by Gasteiger charge is 2.12. The molecule has 0 saturated heterocycles. The largest absolute Gasteiger partial charge is 0.497 e. The maximum atomic E-state index is 9.51. The number of rotatable bonds is 4. The van der Waals surface area contributed by atoms with Crippen molar-refractivity contribution in [3.05, 3.63) is 68.5 Å². The second-order valence-corrected chi connectivity index (χ2v) is 6.81. The van der Waals surface area contributed by atoms with Crippen LogP contribution in [0.1, 0.15) is 10.6 Å². The topological polar surface area (TPSA) is 45.9 Å².